The molecule has 0 saturated heterocycles. The zero-order chi connectivity index (χ0) is 14.7. The molecule has 20 heavy (non-hydrogen) atoms. The van der Waals surface area contributed by atoms with Crippen molar-refractivity contribution in [2.75, 3.05) is 19.0 Å². The number of halogens is 1. The fourth-order valence-corrected chi connectivity index (χ4v) is 4.07. The maximum Gasteiger partial charge on any atom is 0.208 e. The van der Waals surface area contributed by atoms with Crippen LogP contribution in [0, 0.1) is 0 Å². The summed E-state index contributed by atoms with van der Waals surface area (Å²) >= 11 is 6.75. The minimum absolute atomic E-state index is 0.141. The van der Waals surface area contributed by atoms with Crippen LogP contribution < -0.4 is 10.6 Å². The van der Waals surface area contributed by atoms with Crippen LogP contribution in [-0.4, -0.2) is 30.3 Å². The van der Waals surface area contributed by atoms with E-state index in [-0.39, 0.29) is 6.04 Å². The molecule has 1 aromatic heterocycles. The van der Waals surface area contributed by atoms with Crippen molar-refractivity contribution in [3.05, 3.63) is 28.2 Å². The number of benzene rings is 1. The molecule has 2 N–H and O–H groups in total. The quantitative estimate of drug-likeness (QED) is 0.871. The van der Waals surface area contributed by atoms with Crippen molar-refractivity contribution in [3.63, 3.8) is 0 Å². The lowest BCUT2D eigenvalue weighted by Gasteiger charge is -2.10. The van der Waals surface area contributed by atoms with Gasteiger partial charge in [0.05, 0.1) is 0 Å². The molecule has 1 unspecified atom stereocenters. The number of hydrogen-bond donors (Lipinski definition) is 1. The molecule has 0 aliphatic rings. The van der Waals surface area contributed by atoms with E-state index in [4.69, 9.17) is 5.73 Å². The predicted octanol–water partition coefficient (Wildman–Crippen LogP) is 3.41. The molecule has 0 fully saturated rings. The molecule has 2 aromatic rings. The molecule has 0 amide bonds. The van der Waals surface area contributed by atoms with Crippen LogP contribution >= 0.6 is 39.0 Å². The maximum atomic E-state index is 5.92. The Balaban J connectivity index is 2.24. The number of hydrogen-bond acceptors (Lipinski definition) is 6. The topological polar surface area (TPSA) is 55.0 Å². The summed E-state index contributed by atoms with van der Waals surface area (Å²) in [7, 11) is 3.94. The molecule has 108 valence electrons. The molecule has 0 saturated carbocycles. The van der Waals surface area contributed by atoms with Crippen LogP contribution in [0.4, 0.5) is 5.13 Å². The van der Waals surface area contributed by atoms with Crippen molar-refractivity contribution in [2.45, 2.75) is 28.6 Å². The standard InChI is InChI=1S/C13H17BrN4S2/c1-8(15)6-9-4-5-10(14)7-11(9)19-13-17-16-12(20-13)18(2)3/h4-5,7-8H,6,15H2,1-3H3. The monoisotopic (exact) mass is 372 g/mol. The lowest BCUT2D eigenvalue weighted by Crippen LogP contribution is -2.18. The van der Waals surface area contributed by atoms with E-state index in [0.29, 0.717) is 0 Å². The number of rotatable bonds is 5. The highest BCUT2D eigenvalue weighted by Gasteiger charge is 2.12. The molecule has 1 heterocycles. The molecule has 0 aliphatic heterocycles. The molecule has 0 radical (unpaired) electrons. The normalized spacial score (nSPS) is 12.4. The average molecular weight is 373 g/mol. The molecule has 4 nitrogen and oxygen atoms in total. The third-order valence-corrected chi connectivity index (χ3v) is 5.28. The zero-order valence-electron chi connectivity index (χ0n) is 11.6. The molecular weight excluding hydrogens is 356 g/mol. The highest BCUT2D eigenvalue weighted by molar-refractivity contribution is 9.10. The number of anilines is 1. The summed E-state index contributed by atoms with van der Waals surface area (Å²) in [6.07, 6.45) is 0.856. The molecule has 0 bridgehead atoms. The molecule has 7 heteroatoms. The van der Waals surface area contributed by atoms with Gasteiger partial charge in [-0.15, -0.1) is 10.2 Å². The molecule has 2 rings (SSSR count). The van der Waals surface area contributed by atoms with Gasteiger partial charge in [-0.2, -0.15) is 0 Å². The molecular formula is C13H17BrN4S2. The van der Waals surface area contributed by atoms with E-state index in [9.17, 15) is 0 Å². The second kappa shape index (κ2) is 6.89. The van der Waals surface area contributed by atoms with Gasteiger partial charge in [0.1, 0.15) is 0 Å². The van der Waals surface area contributed by atoms with E-state index in [1.807, 2.05) is 32.0 Å². The van der Waals surface area contributed by atoms with E-state index >= 15 is 0 Å². The van der Waals surface area contributed by atoms with Gasteiger partial charge in [0.2, 0.25) is 5.13 Å². The third kappa shape index (κ3) is 4.18. The maximum absolute atomic E-state index is 5.92. The summed E-state index contributed by atoms with van der Waals surface area (Å²) in [5.74, 6) is 0. The van der Waals surface area contributed by atoms with E-state index in [1.165, 1.54) is 10.5 Å². The average Bonchev–Trinajstić information content (AvgIpc) is 2.81. The van der Waals surface area contributed by atoms with Crippen molar-refractivity contribution < 1.29 is 0 Å². The first-order valence-electron chi connectivity index (χ1n) is 6.18. The highest BCUT2D eigenvalue weighted by Crippen LogP contribution is 2.36. The van der Waals surface area contributed by atoms with Crippen LogP contribution in [0.1, 0.15) is 12.5 Å². The fraction of sp³-hybridized carbons (Fsp3) is 0.385. The number of nitrogens with two attached hydrogens (primary N) is 1. The Morgan fingerprint density at radius 3 is 2.75 bits per heavy atom. The van der Waals surface area contributed by atoms with Gasteiger partial charge in [0.15, 0.2) is 4.34 Å². The van der Waals surface area contributed by atoms with Gasteiger partial charge in [-0.3, -0.25) is 0 Å². The van der Waals surface area contributed by atoms with Crippen molar-refractivity contribution in [2.24, 2.45) is 5.73 Å². The lowest BCUT2D eigenvalue weighted by atomic mass is 10.1. The summed E-state index contributed by atoms with van der Waals surface area (Å²) in [6, 6.07) is 6.41. The van der Waals surface area contributed by atoms with E-state index in [2.05, 4.69) is 38.3 Å². The van der Waals surface area contributed by atoms with Gasteiger partial charge >= 0.3 is 0 Å². The Kier molecular flexibility index (Phi) is 5.42. The van der Waals surface area contributed by atoms with E-state index in [0.717, 1.165) is 20.4 Å². The van der Waals surface area contributed by atoms with Gasteiger partial charge in [-0.05, 0) is 31.0 Å². The Morgan fingerprint density at radius 2 is 2.15 bits per heavy atom. The molecule has 1 atom stereocenters. The first-order chi connectivity index (χ1) is 9.45. The van der Waals surface area contributed by atoms with Gasteiger partial charge < -0.3 is 10.6 Å². The third-order valence-electron chi connectivity index (χ3n) is 2.55. The first kappa shape index (κ1) is 15.8. The van der Waals surface area contributed by atoms with Crippen LogP contribution in [0.2, 0.25) is 0 Å². The summed E-state index contributed by atoms with van der Waals surface area (Å²) < 4.78 is 2.00. The van der Waals surface area contributed by atoms with Crippen LogP contribution in [-0.2, 0) is 6.42 Å². The van der Waals surface area contributed by atoms with Crippen molar-refractivity contribution in [3.8, 4) is 0 Å². The number of aromatic nitrogens is 2. The van der Waals surface area contributed by atoms with Crippen LogP contribution in [0.3, 0.4) is 0 Å². The molecule has 0 spiro atoms. The largest absolute Gasteiger partial charge is 0.353 e. The summed E-state index contributed by atoms with van der Waals surface area (Å²) in [6.45, 7) is 2.02. The number of nitrogens with zero attached hydrogens (tertiary/aromatic N) is 3. The SMILES string of the molecule is CC(N)Cc1ccc(Br)cc1Sc1nnc(N(C)C)s1. The van der Waals surface area contributed by atoms with Gasteiger partial charge in [0.25, 0.3) is 0 Å². The Morgan fingerprint density at radius 1 is 1.40 bits per heavy atom. The Hall–Kier alpha value is -0.630. The second-order valence-electron chi connectivity index (χ2n) is 4.78. The Labute approximate surface area is 135 Å². The highest BCUT2D eigenvalue weighted by atomic mass is 79.9. The fourth-order valence-electron chi connectivity index (χ4n) is 1.66. The van der Waals surface area contributed by atoms with Crippen molar-refractivity contribution >= 4 is 44.2 Å². The van der Waals surface area contributed by atoms with Crippen LogP contribution in [0.5, 0.6) is 0 Å². The van der Waals surface area contributed by atoms with Gasteiger partial charge in [-0.25, -0.2) is 0 Å². The Bertz CT molecular complexity index is 584. The first-order valence-corrected chi connectivity index (χ1v) is 8.61. The smallest absolute Gasteiger partial charge is 0.208 e. The van der Waals surface area contributed by atoms with Crippen molar-refractivity contribution in [1.82, 2.24) is 10.2 Å². The minimum atomic E-state index is 0.141. The molecule has 1 aromatic carbocycles. The van der Waals surface area contributed by atoms with Crippen molar-refractivity contribution in [1.29, 1.82) is 0 Å². The van der Waals surface area contributed by atoms with Crippen LogP contribution in [0.15, 0.2) is 31.9 Å². The van der Waals surface area contributed by atoms with Crippen LogP contribution in [0.25, 0.3) is 0 Å². The molecule has 0 aliphatic carbocycles. The summed E-state index contributed by atoms with van der Waals surface area (Å²) in [4.78, 5) is 3.14. The second-order valence-corrected chi connectivity index (χ2v) is 7.94. The van der Waals surface area contributed by atoms with Gasteiger partial charge in [0, 0.05) is 29.5 Å². The lowest BCUT2D eigenvalue weighted by molar-refractivity contribution is 0.729. The zero-order valence-corrected chi connectivity index (χ0v) is 14.8. The van der Waals surface area contributed by atoms with E-state index in [1.54, 1.807) is 23.1 Å². The minimum Gasteiger partial charge on any atom is -0.353 e. The summed E-state index contributed by atoms with van der Waals surface area (Å²) in [5, 5.41) is 9.30. The summed E-state index contributed by atoms with van der Waals surface area (Å²) in [5.41, 5.74) is 7.16. The van der Waals surface area contributed by atoms with Gasteiger partial charge in [-0.1, -0.05) is 45.1 Å². The van der Waals surface area contributed by atoms with E-state index < -0.39 is 0 Å². The predicted molar refractivity (Wildman–Crippen MR) is 89.9 cm³/mol.